The Morgan fingerprint density at radius 3 is 2.86 bits per heavy atom. The van der Waals surface area contributed by atoms with Gasteiger partial charge in [0.25, 0.3) is 0 Å². The molecule has 0 saturated heterocycles. The topological polar surface area (TPSA) is 84.3 Å². The molecule has 0 aliphatic carbocycles. The summed E-state index contributed by atoms with van der Waals surface area (Å²) in [6.07, 6.45) is 3.92. The van der Waals surface area contributed by atoms with Crippen molar-refractivity contribution in [2.75, 3.05) is 0 Å². The fraction of sp³-hybridized carbons (Fsp3) is 0.286. The number of tetrazole rings is 1. The average molecular weight is 283 g/mol. The van der Waals surface area contributed by atoms with Crippen LogP contribution in [0.2, 0.25) is 0 Å². The van der Waals surface area contributed by atoms with Crippen molar-refractivity contribution in [3.05, 3.63) is 59.7 Å². The summed E-state index contributed by atoms with van der Waals surface area (Å²) in [6, 6.07) is 10.3. The molecule has 3 rings (SSSR count). The molecule has 0 spiro atoms. The van der Waals surface area contributed by atoms with Gasteiger partial charge in [0.15, 0.2) is 5.82 Å². The van der Waals surface area contributed by atoms with Gasteiger partial charge in [-0.3, -0.25) is 4.68 Å². The second-order valence-electron chi connectivity index (χ2n) is 4.90. The van der Waals surface area contributed by atoms with Crippen molar-refractivity contribution < 1.29 is 0 Å². The third-order valence-corrected chi connectivity index (χ3v) is 3.24. The highest BCUT2D eigenvalue weighted by Gasteiger charge is 2.09. The van der Waals surface area contributed by atoms with Crippen molar-refractivity contribution in [1.29, 1.82) is 0 Å². The largest absolute Gasteiger partial charge is 0.303 e. The zero-order valence-corrected chi connectivity index (χ0v) is 11.8. The summed E-state index contributed by atoms with van der Waals surface area (Å²) in [5, 5.41) is 21.6. The number of nitrogens with zero attached hydrogens (tertiary/aromatic N) is 5. The summed E-state index contributed by atoms with van der Waals surface area (Å²) in [5.41, 5.74) is 2.36. The zero-order chi connectivity index (χ0) is 14.5. The van der Waals surface area contributed by atoms with Gasteiger partial charge in [-0.05, 0) is 12.5 Å². The summed E-state index contributed by atoms with van der Waals surface area (Å²) in [5.74, 6) is 0.659. The number of hydrogen-bond acceptors (Lipinski definition) is 5. The van der Waals surface area contributed by atoms with E-state index in [1.54, 1.807) is 0 Å². The quantitative estimate of drug-likeness (QED) is 0.712. The summed E-state index contributed by atoms with van der Waals surface area (Å²) < 4.78 is 1.94. The lowest BCUT2D eigenvalue weighted by Crippen LogP contribution is -2.19. The lowest BCUT2D eigenvalue weighted by Gasteiger charge is -2.07. The highest BCUT2D eigenvalue weighted by Crippen LogP contribution is 2.07. The Labute approximate surface area is 122 Å². The van der Waals surface area contributed by atoms with E-state index in [0.717, 1.165) is 12.1 Å². The first kappa shape index (κ1) is 13.4. The van der Waals surface area contributed by atoms with Crippen LogP contribution in [0.4, 0.5) is 0 Å². The highest BCUT2D eigenvalue weighted by molar-refractivity contribution is 5.15. The molecule has 0 aliphatic rings. The van der Waals surface area contributed by atoms with Crippen LogP contribution in [0.1, 0.15) is 29.9 Å². The number of H-pyrrole nitrogens is 1. The summed E-state index contributed by atoms with van der Waals surface area (Å²) in [4.78, 5) is 0. The molecule has 21 heavy (non-hydrogen) atoms. The maximum atomic E-state index is 4.38. The molecule has 0 amide bonds. The van der Waals surface area contributed by atoms with Gasteiger partial charge in [0.05, 0.1) is 18.8 Å². The molecule has 7 heteroatoms. The Hall–Kier alpha value is -2.54. The van der Waals surface area contributed by atoms with Crippen molar-refractivity contribution >= 4 is 0 Å². The minimum absolute atomic E-state index is 0.0428. The second kappa shape index (κ2) is 6.27. The molecule has 3 aromatic rings. The average Bonchev–Trinajstić information content (AvgIpc) is 3.17. The molecule has 0 saturated carbocycles. The van der Waals surface area contributed by atoms with Crippen molar-refractivity contribution in [3.63, 3.8) is 0 Å². The van der Waals surface area contributed by atoms with E-state index in [-0.39, 0.29) is 6.04 Å². The van der Waals surface area contributed by atoms with Gasteiger partial charge < -0.3 is 5.32 Å². The minimum atomic E-state index is 0.0428. The molecule has 0 fully saturated rings. The zero-order valence-electron chi connectivity index (χ0n) is 11.8. The van der Waals surface area contributed by atoms with Crippen LogP contribution in [-0.4, -0.2) is 30.4 Å². The van der Waals surface area contributed by atoms with Crippen LogP contribution in [0.5, 0.6) is 0 Å². The molecule has 1 atom stereocenters. The minimum Gasteiger partial charge on any atom is -0.303 e. The van der Waals surface area contributed by atoms with Crippen LogP contribution in [-0.2, 0) is 13.1 Å². The first-order valence-corrected chi connectivity index (χ1v) is 6.83. The molecule has 108 valence electrons. The Kier molecular flexibility index (Phi) is 4.02. The lowest BCUT2D eigenvalue weighted by molar-refractivity contribution is 0.546. The number of aromatic nitrogens is 6. The third-order valence-electron chi connectivity index (χ3n) is 3.24. The van der Waals surface area contributed by atoms with Crippen LogP contribution in [0, 0.1) is 0 Å². The normalized spacial score (nSPS) is 12.4. The molecule has 2 aromatic heterocycles. The molecule has 2 heterocycles. The first-order chi connectivity index (χ1) is 10.3. The fourth-order valence-electron chi connectivity index (χ4n) is 2.07. The van der Waals surface area contributed by atoms with Gasteiger partial charge in [-0.25, -0.2) is 0 Å². The Bertz CT molecular complexity index is 660. The van der Waals surface area contributed by atoms with Gasteiger partial charge >= 0.3 is 0 Å². The summed E-state index contributed by atoms with van der Waals surface area (Å²) in [7, 11) is 0. The van der Waals surface area contributed by atoms with E-state index in [1.165, 1.54) is 5.56 Å². The van der Waals surface area contributed by atoms with E-state index in [4.69, 9.17) is 0 Å². The van der Waals surface area contributed by atoms with Crippen LogP contribution < -0.4 is 5.32 Å². The molecule has 7 nitrogen and oxygen atoms in total. The van der Waals surface area contributed by atoms with Gasteiger partial charge in [0, 0.05) is 18.3 Å². The third kappa shape index (κ3) is 3.51. The lowest BCUT2D eigenvalue weighted by atomic mass is 10.2. The van der Waals surface area contributed by atoms with Gasteiger partial charge in [-0.2, -0.15) is 10.3 Å². The van der Waals surface area contributed by atoms with E-state index in [9.17, 15) is 0 Å². The monoisotopic (exact) mass is 283 g/mol. The van der Waals surface area contributed by atoms with Gasteiger partial charge in [0.2, 0.25) is 0 Å². The molecule has 0 bridgehead atoms. The molecule has 0 aliphatic heterocycles. The maximum Gasteiger partial charge on any atom is 0.191 e. The number of hydrogen-bond donors (Lipinski definition) is 2. The van der Waals surface area contributed by atoms with Crippen LogP contribution in [0.15, 0.2) is 42.7 Å². The molecular formula is C14H17N7. The van der Waals surface area contributed by atoms with Gasteiger partial charge in [-0.1, -0.05) is 35.5 Å². The maximum absolute atomic E-state index is 4.38. The predicted molar refractivity (Wildman–Crippen MR) is 77.2 cm³/mol. The van der Waals surface area contributed by atoms with Crippen LogP contribution in [0.25, 0.3) is 0 Å². The Morgan fingerprint density at radius 1 is 1.24 bits per heavy atom. The molecule has 2 N–H and O–H groups in total. The summed E-state index contributed by atoms with van der Waals surface area (Å²) in [6.45, 7) is 3.49. The van der Waals surface area contributed by atoms with Crippen LogP contribution in [0.3, 0.4) is 0 Å². The Morgan fingerprint density at radius 2 is 2.10 bits per heavy atom. The van der Waals surface area contributed by atoms with Crippen molar-refractivity contribution in [2.24, 2.45) is 0 Å². The molecular weight excluding hydrogens is 266 g/mol. The standard InChI is InChI=1S/C14H17N7/c1-11(14-17-19-20-18-14)15-7-13-8-16-21(10-13)9-12-5-3-2-4-6-12/h2-6,8,10-11,15H,7,9H2,1H3,(H,17,18,19,20). The van der Waals surface area contributed by atoms with E-state index < -0.39 is 0 Å². The number of aromatic amines is 1. The highest BCUT2D eigenvalue weighted by atomic mass is 15.5. The molecule has 1 aromatic carbocycles. The summed E-state index contributed by atoms with van der Waals surface area (Å²) >= 11 is 0. The first-order valence-electron chi connectivity index (χ1n) is 6.83. The second-order valence-corrected chi connectivity index (χ2v) is 4.90. The van der Waals surface area contributed by atoms with E-state index in [1.807, 2.05) is 42.2 Å². The molecule has 1 unspecified atom stereocenters. The Balaban J connectivity index is 1.55. The fourth-order valence-corrected chi connectivity index (χ4v) is 2.07. The van der Waals surface area contributed by atoms with Crippen molar-refractivity contribution in [3.8, 4) is 0 Å². The molecule has 0 radical (unpaired) electrons. The van der Waals surface area contributed by atoms with Crippen molar-refractivity contribution in [2.45, 2.75) is 26.1 Å². The number of benzene rings is 1. The number of nitrogens with one attached hydrogen (secondary N) is 2. The van der Waals surface area contributed by atoms with Gasteiger partial charge in [-0.15, -0.1) is 10.2 Å². The van der Waals surface area contributed by atoms with Gasteiger partial charge in [0.1, 0.15) is 0 Å². The predicted octanol–water partition coefficient (Wildman–Crippen LogP) is 1.30. The van der Waals surface area contributed by atoms with Crippen LogP contribution >= 0.6 is 0 Å². The van der Waals surface area contributed by atoms with E-state index in [2.05, 4.69) is 43.2 Å². The van der Waals surface area contributed by atoms with Crippen molar-refractivity contribution in [1.82, 2.24) is 35.7 Å². The smallest absolute Gasteiger partial charge is 0.191 e. The van der Waals surface area contributed by atoms with E-state index >= 15 is 0 Å². The number of rotatable bonds is 6. The SMILES string of the molecule is CC(NCc1cnn(Cc2ccccc2)c1)c1nn[nH]n1. The van der Waals surface area contributed by atoms with E-state index in [0.29, 0.717) is 12.4 Å².